The van der Waals surface area contributed by atoms with Crippen molar-refractivity contribution in [3.63, 3.8) is 0 Å². The average Bonchev–Trinajstić information content (AvgIpc) is 3.11. The van der Waals surface area contributed by atoms with Crippen LogP contribution in [0.5, 0.6) is 5.75 Å². The number of alkyl halides is 1. The molecular weight excluding hydrogens is 377 g/mol. The Kier molecular flexibility index (Phi) is 6.95. The summed E-state index contributed by atoms with van der Waals surface area (Å²) in [5.74, 6) is 1.49. The molecule has 2 aromatic heterocycles. The van der Waals surface area contributed by atoms with Crippen LogP contribution in [-0.2, 0) is 6.42 Å². The average molecular weight is 402 g/mol. The van der Waals surface area contributed by atoms with Gasteiger partial charge in [0.2, 0.25) is 0 Å². The van der Waals surface area contributed by atoms with E-state index in [-0.39, 0.29) is 6.61 Å². The Morgan fingerprint density at radius 1 is 1.29 bits per heavy atom. The van der Waals surface area contributed by atoms with Gasteiger partial charge in [0.1, 0.15) is 29.4 Å². The van der Waals surface area contributed by atoms with Gasteiger partial charge in [0.15, 0.2) is 0 Å². The molecule has 3 rings (SSSR count). The second-order valence-electron chi connectivity index (χ2n) is 6.62. The number of hydrogen-bond acceptors (Lipinski definition) is 6. The van der Waals surface area contributed by atoms with E-state index in [0.29, 0.717) is 5.75 Å². The Morgan fingerprint density at radius 2 is 2.14 bits per heavy atom. The lowest BCUT2D eigenvalue weighted by atomic mass is 10.1. The number of pyridine rings is 1. The molecule has 5 nitrogen and oxygen atoms in total. The van der Waals surface area contributed by atoms with E-state index in [1.54, 1.807) is 17.4 Å². The van der Waals surface area contributed by atoms with Crippen LogP contribution in [0.2, 0.25) is 0 Å². The van der Waals surface area contributed by atoms with Gasteiger partial charge < -0.3 is 14.7 Å². The molecule has 7 heteroatoms. The van der Waals surface area contributed by atoms with Gasteiger partial charge in [0.05, 0.1) is 16.8 Å². The first-order valence-electron chi connectivity index (χ1n) is 9.12. The summed E-state index contributed by atoms with van der Waals surface area (Å²) in [7, 11) is 3.95. The molecule has 2 heterocycles. The van der Waals surface area contributed by atoms with E-state index >= 15 is 0 Å². The van der Waals surface area contributed by atoms with Crippen molar-refractivity contribution in [1.82, 2.24) is 9.97 Å². The van der Waals surface area contributed by atoms with Gasteiger partial charge in [-0.05, 0) is 48.7 Å². The van der Waals surface area contributed by atoms with E-state index in [4.69, 9.17) is 9.84 Å². The minimum atomic E-state index is -0.828. The molecule has 0 bridgehead atoms. The van der Waals surface area contributed by atoms with Crippen LogP contribution >= 0.6 is 11.3 Å². The predicted octanol–water partition coefficient (Wildman–Crippen LogP) is 4.11. The van der Waals surface area contributed by atoms with Crippen LogP contribution in [-0.4, -0.2) is 48.6 Å². The second-order valence-corrected chi connectivity index (χ2v) is 7.68. The number of nitrogens with zero attached hydrogens (tertiary/aromatic N) is 3. The Bertz CT molecular complexity index is 921. The lowest BCUT2D eigenvalue weighted by molar-refractivity contribution is 0.0933. The van der Waals surface area contributed by atoms with Crippen molar-refractivity contribution < 1.29 is 14.2 Å². The van der Waals surface area contributed by atoms with Crippen LogP contribution in [0, 0.1) is 0 Å². The molecule has 0 spiro atoms. The zero-order valence-electron chi connectivity index (χ0n) is 16.0. The van der Waals surface area contributed by atoms with Crippen molar-refractivity contribution in [3.05, 3.63) is 53.2 Å². The summed E-state index contributed by atoms with van der Waals surface area (Å²) in [6.45, 7) is -1.07. The molecule has 1 unspecified atom stereocenters. The molecule has 3 aromatic rings. The highest BCUT2D eigenvalue weighted by molar-refractivity contribution is 7.19. The molecule has 0 saturated heterocycles. The van der Waals surface area contributed by atoms with Crippen molar-refractivity contribution >= 4 is 33.4 Å². The highest BCUT2D eigenvalue weighted by Gasteiger charge is 2.10. The molecule has 1 N–H and O–H groups in total. The molecule has 0 aliphatic rings. The normalized spacial score (nSPS) is 12.6. The number of fused-ring (bicyclic) bond motifs is 1. The number of ether oxygens (including phenoxy) is 1. The molecule has 0 amide bonds. The number of anilines is 1. The second kappa shape index (κ2) is 9.61. The molecule has 0 aliphatic heterocycles. The van der Waals surface area contributed by atoms with Crippen LogP contribution in [0.4, 0.5) is 10.2 Å². The zero-order chi connectivity index (χ0) is 19.9. The predicted molar refractivity (Wildman–Crippen MR) is 113 cm³/mol. The summed E-state index contributed by atoms with van der Waals surface area (Å²) in [5.41, 5.74) is 2.08. The third-order valence-corrected chi connectivity index (χ3v) is 5.17. The molecule has 1 aromatic carbocycles. The third-order valence-electron chi connectivity index (χ3n) is 4.18. The number of aliphatic hydroxyl groups excluding tert-OH is 1. The quantitative estimate of drug-likeness (QED) is 0.585. The van der Waals surface area contributed by atoms with E-state index < -0.39 is 12.8 Å². The number of benzene rings is 1. The Labute approximate surface area is 168 Å². The van der Waals surface area contributed by atoms with Crippen molar-refractivity contribution in [2.45, 2.75) is 18.9 Å². The zero-order valence-corrected chi connectivity index (χ0v) is 16.8. The molecule has 0 fully saturated rings. The number of allylic oxidation sites excluding steroid dienone is 1. The third kappa shape index (κ3) is 5.27. The number of thiazole rings is 1. The molecule has 0 radical (unpaired) electrons. The van der Waals surface area contributed by atoms with Gasteiger partial charge in [-0.15, -0.1) is 11.3 Å². The summed E-state index contributed by atoms with van der Waals surface area (Å²) < 4.78 is 19.1. The minimum Gasteiger partial charge on any atom is -0.485 e. The Hall–Kier alpha value is -2.51. The van der Waals surface area contributed by atoms with E-state index in [1.165, 1.54) is 5.56 Å². The van der Waals surface area contributed by atoms with Gasteiger partial charge in [-0.2, -0.15) is 0 Å². The van der Waals surface area contributed by atoms with Crippen LogP contribution in [0.1, 0.15) is 17.0 Å². The maximum atomic E-state index is 12.7. The fraction of sp³-hybridized carbons (Fsp3) is 0.333. The van der Waals surface area contributed by atoms with Gasteiger partial charge in [-0.25, -0.2) is 14.4 Å². The monoisotopic (exact) mass is 401 g/mol. The van der Waals surface area contributed by atoms with Crippen LogP contribution in [0.3, 0.4) is 0 Å². The number of halogens is 1. The van der Waals surface area contributed by atoms with Crippen molar-refractivity contribution in [2.24, 2.45) is 0 Å². The van der Waals surface area contributed by atoms with E-state index in [2.05, 4.69) is 22.1 Å². The molecule has 0 saturated carbocycles. The standard InChI is InChI=1S/C21H24FN3O2S/c1-25(2)20-10-7-15(13-23-20)5-3-4-6-21-24-18-9-8-16(11-19(18)28-21)27-17(12-22)14-26/h4,6-11,13,17,26H,3,5,12,14H2,1-2H3/b6-4+. The fourth-order valence-electron chi connectivity index (χ4n) is 2.64. The van der Waals surface area contributed by atoms with Gasteiger partial charge in [0, 0.05) is 20.3 Å². The van der Waals surface area contributed by atoms with Gasteiger partial charge >= 0.3 is 0 Å². The van der Waals surface area contributed by atoms with Gasteiger partial charge in [0.25, 0.3) is 0 Å². The molecule has 28 heavy (non-hydrogen) atoms. The van der Waals surface area contributed by atoms with Crippen molar-refractivity contribution in [1.29, 1.82) is 0 Å². The molecule has 1 atom stereocenters. The van der Waals surface area contributed by atoms with Crippen molar-refractivity contribution in [3.8, 4) is 5.75 Å². The van der Waals surface area contributed by atoms with E-state index in [0.717, 1.165) is 33.9 Å². The number of aliphatic hydroxyl groups is 1. The SMILES string of the molecule is CN(C)c1ccc(CC/C=C/c2nc3ccc(OC(CO)CF)cc3s2)cn1. The van der Waals surface area contributed by atoms with Crippen LogP contribution in [0.25, 0.3) is 16.3 Å². The van der Waals surface area contributed by atoms with Gasteiger partial charge in [-0.3, -0.25) is 0 Å². The lowest BCUT2D eigenvalue weighted by Gasteiger charge is -2.12. The largest absolute Gasteiger partial charge is 0.485 e. The lowest BCUT2D eigenvalue weighted by Crippen LogP contribution is -2.23. The molecule has 0 aliphatic carbocycles. The summed E-state index contributed by atoms with van der Waals surface area (Å²) in [6, 6.07) is 9.56. The number of rotatable bonds is 9. The number of hydrogen-bond donors (Lipinski definition) is 1. The summed E-state index contributed by atoms with van der Waals surface area (Å²) in [5, 5.41) is 9.97. The number of aryl methyl sites for hydroxylation is 1. The Morgan fingerprint density at radius 3 is 2.82 bits per heavy atom. The van der Waals surface area contributed by atoms with Crippen LogP contribution < -0.4 is 9.64 Å². The topological polar surface area (TPSA) is 58.5 Å². The number of aromatic nitrogens is 2. The smallest absolute Gasteiger partial charge is 0.150 e. The molecular formula is C21H24FN3O2S. The summed E-state index contributed by atoms with van der Waals surface area (Å²) in [4.78, 5) is 11.0. The van der Waals surface area contributed by atoms with Crippen molar-refractivity contribution in [2.75, 3.05) is 32.3 Å². The maximum Gasteiger partial charge on any atom is 0.150 e. The first kappa shape index (κ1) is 20.2. The highest BCUT2D eigenvalue weighted by atomic mass is 32.1. The highest BCUT2D eigenvalue weighted by Crippen LogP contribution is 2.27. The summed E-state index contributed by atoms with van der Waals surface area (Å²) >= 11 is 1.55. The Balaban J connectivity index is 1.59. The van der Waals surface area contributed by atoms with E-state index in [9.17, 15) is 4.39 Å². The maximum absolute atomic E-state index is 12.7. The van der Waals surface area contributed by atoms with E-state index in [1.807, 2.05) is 49.5 Å². The molecule has 148 valence electrons. The minimum absolute atomic E-state index is 0.349. The van der Waals surface area contributed by atoms with Crippen LogP contribution in [0.15, 0.2) is 42.6 Å². The first-order valence-corrected chi connectivity index (χ1v) is 9.93. The van der Waals surface area contributed by atoms with Gasteiger partial charge in [-0.1, -0.05) is 12.1 Å². The first-order chi connectivity index (χ1) is 13.6. The fourth-order valence-corrected chi connectivity index (χ4v) is 3.57. The summed E-state index contributed by atoms with van der Waals surface area (Å²) in [6.07, 6.45) is 7.05.